The van der Waals surface area contributed by atoms with Crippen molar-refractivity contribution in [3.63, 3.8) is 0 Å². The third-order valence-electron chi connectivity index (χ3n) is 4.08. The van der Waals surface area contributed by atoms with Crippen LogP contribution in [0.25, 0.3) is 0 Å². The van der Waals surface area contributed by atoms with Gasteiger partial charge in [-0.05, 0) is 37.0 Å². The van der Waals surface area contributed by atoms with Gasteiger partial charge in [0.05, 0.1) is 25.5 Å². The van der Waals surface area contributed by atoms with Crippen molar-refractivity contribution in [3.05, 3.63) is 23.8 Å². The summed E-state index contributed by atoms with van der Waals surface area (Å²) in [6.07, 6.45) is 1.54. The van der Waals surface area contributed by atoms with Crippen molar-refractivity contribution in [1.29, 1.82) is 0 Å². The SMILES string of the molecule is CCOc1cc([C@@H](CS(C)(=O)=O)NC(=O)[C@H](CC(C)C)NC(C)=O)ccc1OC. The number of nitrogens with one attached hydrogen (secondary N) is 2. The Morgan fingerprint density at radius 2 is 1.79 bits per heavy atom. The maximum absolute atomic E-state index is 12.8. The molecule has 1 aromatic rings. The predicted octanol–water partition coefficient (Wildman–Crippen LogP) is 1.85. The molecular weight excluding hydrogens is 396 g/mol. The van der Waals surface area contributed by atoms with Gasteiger partial charge in [0.2, 0.25) is 11.8 Å². The van der Waals surface area contributed by atoms with Crippen molar-refractivity contribution in [2.45, 2.75) is 46.2 Å². The molecule has 2 amide bonds. The van der Waals surface area contributed by atoms with E-state index in [1.54, 1.807) is 18.2 Å². The topological polar surface area (TPSA) is 111 Å². The van der Waals surface area contributed by atoms with Gasteiger partial charge in [-0.2, -0.15) is 0 Å². The summed E-state index contributed by atoms with van der Waals surface area (Å²) in [5.41, 5.74) is 0.569. The van der Waals surface area contributed by atoms with Crippen molar-refractivity contribution in [2.24, 2.45) is 5.92 Å². The van der Waals surface area contributed by atoms with Gasteiger partial charge < -0.3 is 20.1 Å². The van der Waals surface area contributed by atoms with Gasteiger partial charge in [-0.25, -0.2) is 8.42 Å². The first-order valence-electron chi connectivity index (χ1n) is 9.52. The second-order valence-corrected chi connectivity index (χ2v) is 9.56. The van der Waals surface area contributed by atoms with Crippen molar-refractivity contribution >= 4 is 21.7 Å². The minimum absolute atomic E-state index is 0.163. The van der Waals surface area contributed by atoms with Gasteiger partial charge in [0.1, 0.15) is 15.9 Å². The molecule has 9 heteroatoms. The lowest BCUT2D eigenvalue weighted by Crippen LogP contribution is -2.48. The summed E-state index contributed by atoms with van der Waals surface area (Å²) in [6.45, 7) is 7.45. The Labute approximate surface area is 173 Å². The molecule has 8 nitrogen and oxygen atoms in total. The van der Waals surface area contributed by atoms with Gasteiger partial charge in [-0.1, -0.05) is 19.9 Å². The second kappa shape index (κ2) is 11.0. The zero-order valence-corrected chi connectivity index (χ0v) is 18.8. The fraction of sp³-hybridized carbons (Fsp3) is 0.600. The van der Waals surface area contributed by atoms with E-state index < -0.39 is 27.8 Å². The lowest BCUT2D eigenvalue weighted by molar-refractivity contribution is -0.128. The number of rotatable bonds is 11. The zero-order valence-electron chi connectivity index (χ0n) is 17.9. The summed E-state index contributed by atoms with van der Waals surface area (Å²) in [4.78, 5) is 24.3. The first-order valence-corrected chi connectivity index (χ1v) is 11.6. The van der Waals surface area contributed by atoms with Gasteiger partial charge in [0.25, 0.3) is 0 Å². The molecule has 164 valence electrons. The summed E-state index contributed by atoms with van der Waals surface area (Å²) in [5, 5.41) is 5.41. The molecule has 1 aromatic carbocycles. The van der Waals surface area contributed by atoms with Gasteiger partial charge in [0, 0.05) is 13.2 Å². The number of carbonyl (C=O) groups excluding carboxylic acids is 2. The maximum Gasteiger partial charge on any atom is 0.243 e. The van der Waals surface area contributed by atoms with E-state index in [9.17, 15) is 18.0 Å². The number of ether oxygens (including phenoxy) is 2. The number of sulfone groups is 1. The van der Waals surface area contributed by atoms with Crippen molar-refractivity contribution in [2.75, 3.05) is 25.7 Å². The molecule has 0 spiro atoms. The van der Waals surface area contributed by atoms with Crippen LogP contribution in [-0.2, 0) is 19.4 Å². The van der Waals surface area contributed by atoms with Gasteiger partial charge in [0.15, 0.2) is 11.5 Å². The Bertz CT molecular complexity index is 807. The van der Waals surface area contributed by atoms with Crippen LogP contribution in [0, 0.1) is 5.92 Å². The normalized spacial score (nSPS) is 13.5. The third kappa shape index (κ3) is 8.72. The van der Waals surface area contributed by atoms with E-state index >= 15 is 0 Å². The van der Waals surface area contributed by atoms with Gasteiger partial charge in [-0.15, -0.1) is 0 Å². The van der Waals surface area contributed by atoms with Crippen molar-refractivity contribution in [3.8, 4) is 11.5 Å². The minimum Gasteiger partial charge on any atom is -0.493 e. The molecule has 0 heterocycles. The summed E-state index contributed by atoms with van der Waals surface area (Å²) >= 11 is 0. The highest BCUT2D eigenvalue weighted by Crippen LogP contribution is 2.31. The maximum atomic E-state index is 12.8. The van der Waals surface area contributed by atoms with Crippen LogP contribution in [0.3, 0.4) is 0 Å². The number of hydrogen-bond acceptors (Lipinski definition) is 6. The molecule has 0 aliphatic carbocycles. The predicted molar refractivity (Wildman–Crippen MR) is 112 cm³/mol. The average Bonchev–Trinajstić information content (AvgIpc) is 2.58. The van der Waals surface area contributed by atoms with E-state index in [1.807, 2.05) is 20.8 Å². The highest BCUT2D eigenvalue weighted by atomic mass is 32.2. The highest BCUT2D eigenvalue weighted by Gasteiger charge is 2.26. The first kappa shape index (κ1) is 24.7. The zero-order chi connectivity index (χ0) is 22.2. The fourth-order valence-electron chi connectivity index (χ4n) is 2.92. The standard InChI is InChI=1S/C20H32N2O6S/c1-7-28-19-11-15(8-9-18(19)27-5)17(12-29(6,25)26)22-20(24)16(10-13(2)3)21-14(4)23/h8-9,11,13,16-17H,7,10,12H2,1-6H3,(H,21,23)(H,22,24)/t16-,17+/m0/s1. The molecule has 0 aromatic heterocycles. The Kier molecular flexibility index (Phi) is 9.42. The lowest BCUT2D eigenvalue weighted by Gasteiger charge is -2.24. The number of methoxy groups -OCH3 is 1. The Balaban J connectivity index is 3.23. The highest BCUT2D eigenvalue weighted by molar-refractivity contribution is 7.90. The Morgan fingerprint density at radius 3 is 2.28 bits per heavy atom. The second-order valence-electron chi connectivity index (χ2n) is 7.38. The first-order chi connectivity index (χ1) is 13.5. The molecule has 0 radical (unpaired) electrons. The van der Waals surface area contributed by atoms with Gasteiger partial charge in [-0.3, -0.25) is 9.59 Å². The summed E-state index contributed by atoms with van der Waals surface area (Å²) in [6, 6.07) is 3.47. The van der Waals surface area contributed by atoms with Crippen LogP contribution in [0.5, 0.6) is 11.5 Å². The van der Waals surface area contributed by atoms with E-state index in [1.165, 1.54) is 14.0 Å². The molecular formula is C20H32N2O6S. The molecule has 0 aliphatic rings. The number of benzene rings is 1. The number of amides is 2. The molecule has 2 atom stereocenters. The molecule has 1 rings (SSSR count). The van der Waals surface area contributed by atoms with E-state index in [4.69, 9.17) is 9.47 Å². The van der Waals surface area contributed by atoms with Crippen LogP contribution in [0.2, 0.25) is 0 Å². The van der Waals surface area contributed by atoms with E-state index in [2.05, 4.69) is 10.6 Å². The lowest BCUT2D eigenvalue weighted by atomic mass is 10.0. The summed E-state index contributed by atoms with van der Waals surface area (Å²) in [7, 11) is -1.89. The summed E-state index contributed by atoms with van der Waals surface area (Å²) in [5.74, 6) is 0.0867. The largest absolute Gasteiger partial charge is 0.493 e. The molecule has 0 saturated carbocycles. The fourth-order valence-corrected chi connectivity index (χ4v) is 3.80. The molecule has 0 unspecified atom stereocenters. The number of carbonyl (C=O) groups is 2. The summed E-state index contributed by atoms with van der Waals surface area (Å²) < 4.78 is 34.8. The average molecular weight is 429 g/mol. The molecule has 0 saturated heterocycles. The smallest absolute Gasteiger partial charge is 0.243 e. The third-order valence-corrected chi connectivity index (χ3v) is 5.02. The van der Waals surface area contributed by atoms with Crippen LogP contribution in [0.1, 0.15) is 45.7 Å². The Hall–Kier alpha value is -2.29. The number of hydrogen-bond donors (Lipinski definition) is 2. The minimum atomic E-state index is -3.40. The molecule has 29 heavy (non-hydrogen) atoms. The van der Waals surface area contributed by atoms with E-state index in [0.29, 0.717) is 30.1 Å². The Morgan fingerprint density at radius 1 is 1.14 bits per heavy atom. The van der Waals surface area contributed by atoms with Crippen LogP contribution >= 0.6 is 0 Å². The molecule has 2 N–H and O–H groups in total. The monoisotopic (exact) mass is 428 g/mol. The molecule has 0 bridgehead atoms. The van der Waals surface area contributed by atoms with E-state index in [-0.39, 0.29) is 17.6 Å². The quantitative estimate of drug-likeness (QED) is 0.556. The molecule has 0 aliphatic heterocycles. The van der Waals surface area contributed by atoms with Crippen molar-refractivity contribution in [1.82, 2.24) is 10.6 Å². The molecule has 0 fully saturated rings. The van der Waals surface area contributed by atoms with Crippen LogP contribution < -0.4 is 20.1 Å². The van der Waals surface area contributed by atoms with Crippen LogP contribution in [0.15, 0.2) is 18.2 Å². The van der Waals surface area contributed by atoms with Crippen molar-refractivity contribution < 1.29 is 27.5 Å². The van der Waals surface area contributed by atoms with E-state index in [0.717, 1.165) is 6.26 Å². The van der Waals surface area contributed by atoms with Gasteiger partial charge >= 0.3 is 0 Å². The van der Waals surface area contributed by atoms with Crippen LogP contribution in [0.4, 0.5) is 0 Å². The van der Waals surface area contributed by atoms with Crippen LogP contribution in [-0.4, -0.2) is 52.0 Å².